The number of aliphatic hydroxyl groups is 1. The number of aliphatic hydroxyl groups excluding tert-OH is 1. The summed E-state index contributed by atoms with van der Waals surface area (Å²) >= 11 is 1.61. The molecule has 6 heteroatoms. The fourth-order valence-corrected chi connectivity index (χ4v) is 3.04. The van der Waals surface area contributed by atoms with Gasteiger partial charge in [-0.2, -0.15) is 0 Å². The molecular formula is C18H25N3O2S. The quantitative estimate of drug-likeness (QED) is 0.750. The number of rotatable bonds is 6. The first kappa shape index (κ1) is 18.4. The average Bonchev–Trinajstić information content (AvgIpc) is 3.03. The monoisotopic (exact) mass is 347 g/mol. The number of carbonyl (C=O) groups excluding carboxylic acids is 1. The molecule has 2 amide bonds. The van der Waals surface area contributed by atoms with Crippen LogP contribution in [0.4, 0.5) is 4.79 Å². The van der Waals surface area contributed by atoms with E-state index >= 15 is 0 Å². The molecule has 0 radical (unpaired) electrons. The molecule has 0 saturated carbocycles. The molecule has 0 fully saturated rings. The van der Waals surface area contributed by atoms with Gasteiger partial charge in [0.15, 0.2) is 0 Å². The third-order valence-corrected chi connectivity index (χ3v) is 4.83. The van der Waals surface area contributed by atoms with Gasteiger partial charge in [-0.1, -0.05) is 51.1 Å². The van der Waals surface area contributed by atoms with Crippen molar-refractivity contribution in [2.75, 3.05) is 6.54 Å². The lowest BCUT2D eigenvalue weighted by atomic mass is 9.98. The van der Waals surface area contributed by atoms with Crippen molar-refractivity contribution < 1.29 is 9.90 Å². The first-order valence-electron chi connectivity index (χ1n) is 8.06. The predicted octanol–water partition coefficient (Wildman–Crippen LogP) is 3.36. The number of carbonyl (C=O) groups is 1. The Morgan fingerprint density at radius 3 is 2.58 bits per heavy atom. The average molecular weight is 347 g/mol. The Morgan fingerprint density at radius 2 is 1.96 bits per heavy atom. The van der Waals surface area contributed by atoms with E-state index in [4.69, 9.17) is 0 Å². The summed E-state index contributed by atoms with van der Waals surface area (Å²) in [7, 11) is 0. The molecular weight excluding hydrogens is 322 g/mol. The zero-order chi connectivity index (χ0) is 17.6. The van der Waals surface area contributed by atoms with Crippen LogP contribution in [0.25, 0.3) is 0 Å². The molecule has 24 heavy (non-hydrogen) atoms. The lowest BCUT2D eigenvalue weighted by molar-refractivity contribution is 0.167. The fraction of sp³-hybridized carbons (Fsp3) is 0.444. The van der Waals surface area contributed by atoms with Crippen LogP contribution in [0, 0.1) is 0 Å². The van der Waals surface area contributed by atoms with Gasteiger partial charge in [-0.3, -0.25) is 0 Å². The van der Waals surface area contributed by atoms with Gasteiger partial charge in [-0.15, -0.1) is 11.3 Å². The van der Waals surface area contributed by atoms with Gasteiger partial charge in [-0.05, 0) is 12.0 Å². The Hall–Kier alpha value is -1.92. The van der Waals surface area contributed by atoms with Crippen molar-refractivity contribution >= 4 is 17.4 Å². The molecule has 2 aromatic rings. The standard InChI is InChI=1S/C18H25N3O2S/c1-18(2,3)16-21-14(12-24-16)11-20-17(23)19-10-9-15(22)13-7-5-4-6-8-13/h4-8,12,15,22H,9-11H2,1-3H3,(H2,19,20,23). The van der Waals surface area contributed by atoms with Crippen LogP contribution in [0.2, 0.25) is 0 Å². The van der Waals surface area contributed by atoms with Crippen molar-refractivity contribution in [1.29, 1.82) is 0 Å². The minimum Gasteiger partial charge on any atom is -0.388 e. The summed E-state index contributed by atoms with van der Waals surface area (Å²) in [5.41, 5.74) is 1.75. The predicted molar refractivity (Wildman–Crippen MR) is 97.1 cm³/mol. The number of amides is 2. The Kier molecular flexibility index (Phi) is 6.34. The minimum absolute atomic E-state index is 0.0265. The van der Waals surface area contributed by atoms with Gasteiger partial charge >= 0.3 is 6.03 Å². The second-order valence-electron chi connectivity index (χ2n) is 6.72. The molecule has 3 N–H and O–H groups in total. The molecule has 0 aliphatic rings. The molecule has 0 aliphatic carbocycles. The van der Waals surface area contributed by atoms with Crippen molar-refractivity contribution in [3.63, 3.8) is 0 Å². The van der Waals surface area contributed by atoms with Gasteiger partial charge in [0, 0.05) is 17.3 Å². The number of benzene rings is 1. The van der Waals surface area contributed by atoms with E-state index in [2.05, 4.69) is 36.4 Å². The highest BCUT2D eigenvalue weighted by Crippen LogP contribution is 2.25. The second-order valence-corrected chi connectivity index (χ2v) is 7.58. The molecule has 0 saturated heterocycles. The van der Waals surface area contributed by atoms with Gasteiger partial charge < -0.3 is 15.7 Å². The van der Waals surface area contributed by atoms with Crippen molar-refractivity contribution in [2.24, 2.45) is 0 Å². The van der Waals surface area contributed by atoms with Gasteiger partial charge in [0.1, 0.15) is 0 Å². The van der Waals surface area contributed by atoms with Crippen LogP contribution in [-0.4, -0.2) is 22.7 Å². The molecule has 1 atom stereocenters. The third kappa shape index (κ3) is 5.62. The molecule has 1 aromatic heterocycles. The Morgan fingerprint density at radius 1 is 1.25 bits per heavy atom. The maximum Gasteiger partial charge on any atom is 0.315 e. The number of nitrogens with zero attached hydrogens (tertiary/aromatic N) is 1. The zero-order valence-corrected chi connectivity index (χ0v) is 15.2. The smallest absolute Gasteiger partial charge is 0.315 e. The topological polar surface area (TPSA) is 74.2 Å². The highest BCUT2D eigenvalue weighted by Gasteiger charge is 2.18. The molecule has 5 nitrogen and oxygen atoms in total. The van der Waals surface area contributed by atoms with Crippen molar-refractivity contribution in [3.05, 3.63) is 52.0 Å². The SMILES string of the molecule is CC(C)(C)c1nc(CNC(=O)NCCC(O)c2ccccc2)cs1. The summed E-state index contributed by atoms with van der Waals surface area (Å²) in [5.74, 6) is 0. The third-order valence-electron chi connectivity index (χ3n) is 3.51. The lowest BCUT2D eigenvalue weighted by Gasteiger charge is -2.13. The summed E-state index contributed by atoms with van der Waals surface area (Å²) in [4.78, 5) is 16.3. The Labute approximate surface area is 147 Å². The zero-order valence-electron chi connectivity index (χ0n) is 14.4. The van der Waals surface area contributed by atoms with E-state index < -0.39 is 6.10 Å². The Balaban J connectivity index is 1.69. The number of hydrogen-bond acceptors (Lipinski definition) is 4. The first-order valence-corrected chi connectivity index (χ1v) is 8.94. The first-order chi connectivity index (χ1) is 11.4. The van der Waals surface area contributed by atoms with Crippen LogP contribution in [-0.2, 0) is 12.0 Å². The van der Waals surface area contributed by atoms with Crippen LogP contribution >= 0.6 is 11.3 Å². The van der Waals surface area contributed by atoms with Gasteiger partial charge in [-0.25, -0.2) is 9.78 Å². The Bertz CT molecular complexity index is 650. The summed E-state index contributed by atoms with van der Waals surface area (Å²) in [6.45, 7) is 7.17. The van der Waals surface area contributed by atoms with Crippen molar-refractivity contribution in [1.82, 2.24) is 15.6 Å². The van der Waals surface area contributed by atoms with E-state index in [1.54, 1.807) is 11.3 Å². The molecule has 0 aliphatic heterocycles. The molecule has 2 rings (SSSR count). The van der Waals surface area contributed by atoms with Gasteiger partial charge in [0.05, 0.1) is 23.4 Å². The maximum absolute atomic E-state index is 11.8. The van der Waals surface area contributed by atoms with Crippen LogP contribution in [0.5, 0.6) is 0 Å². The van der Waals surface area contributed by atoms with Crippen LogP contribution in [0.15, 0.2) is 35.7 Å². The fourth-order valence-electron chi connectivity index (χ4n) is 2.13. The van der Waals surface area contributed by atoms with E-state index in [0.29, 0.717) is 19.5 Å². The van der Waals surface area contributed by atoms with Crippen LogP contribution < -0.4 is 10.6 Å². The summed E-state index contributed by atoms with van der Waals surface area (Å²) in [6, 6.07) is 9.18. The molecule has 0 bridgehead atoms. The van der Waals surface area contributed by atoms with E-state index in [1.807, 2.05) is 35.7 Å². The highest BCUT2D eigenvalue weighted by molar-refractivity contribution is 7.09. The van der Waals surface area contributed by atoms with Crippen molar-refractivity contribution in [2.45, 2.75) is 45.3 Å². The summed E-state index contributed by atoms with van der Waals surface area (Å²) in [5, 5.41) is 18.6. The summed E-state index contributed by atoms with van der Waals surface area (Å²) < 4.78 is 0. The number of nitrogens with one attached hydrogen (secondary N) is 2. The molecule has 130 valence electrons. The molecule has 1 aromatic carbocycles. The van der Waals surface area contributed by atoms with Gasteiger partial charge in [0.25, 0.3) is 0 Å². The van der Waals surface area contributed by atoms with Crippen molar-refractivity contribution in [3.8, 4) is 0 Å². The number of hydrogen-bond donors (Lipinski definition) is 3. The van der Waals surface area contributed by atoms with Crippen LogP contribution in [0.1, 0.15) is 49.6 Å². The van der Waals surface area contributed by atoms with Crippen LogP contribution in [0.3, 0.4) is 0 Å². The van der Waals surface area contributed by atoms with E-state index in [0.717, 1.165) is 16.3 Å². The number of thiazole rings is 1. The second kappa shape index (κ2) is 8.26. The van der Waals surface area contributed by atoms with Gasteiger partial charge in [0.2, 0.25) is 0 Å². The molecule has 1 unspecified atom stereocenters. The minimum atomic E-state index is -0.570. The highest BCUT2D eigenvalue weighted by atomic mass is 32.1. The van der Waals surface area contributed by atoms with E-state index in [9.17, 15) is 9.90 Å². The lowest BCUT2D eigenvalue weighted by Crippen LogP contribution is -2.36. The maximum atomic E-state index is 11.8. The van der Waals surface area contributed by atoms with E-state index in [1.165, 1.54) is 0 Å². The number of aromatic nitrogens is 1. The number of urea groups is 1. The molecule has 0 spiro atoms. The largest absolute Gasteiger partial charge is 0.388 e. The normalized spacial score (nSPS) is 12.7. The van der Waals surface area contributed by atoms with E-state index in [-0.39, 0.29) is 11.4 Å². The summed E-state index contributed by atoms with van der Waals surface area (Å²) in [6.07, 6.45) is -0.0955. The molecule has 1 heterocycles.